The van der Waals surface area contributed by atoms with Crippen LogP contribution in [0.4, 0.5) is 0 Å². The molecule has 7 nitrogen and oxygen atoms in total. The second kappa shape index (κ2) is 13.5. The summed E-state index contributed by atoms with van der Waals surface area (Å²) < 4.78 is 9.52. The lowest BCUT2D eigenvalue weighted by Gasteiger charge is -2.19. The summed E-state index contributed by atoms with van der Waals surface area (Å²) in [6.45, 7) is 0. The molecule has 0 amide bonds. The van der Waals surface area contributed by atoms with Gasteiger partial charge in [-0.15, -0.1) is 0 Å². The Morgan fingerprint density at radius 3 is 1.34 bits per heavy atom. The van der Waals surface area contributed by atoms with E-state index >= 15 is 0 Å². The predicted molar refractivity (Wildman–Crippen MR) is 263 cm³/mol. The molecule has 0 N–H and O–H groups in total. The molecule has 0 spiro atoms. The van der Waals surface area contributed by atoms with Crippen molar-refractivity contribution >= 4 is 87.2 Å². The van der Waals surface area contributed by atoms with Crippen molar-refractivity contribution in [2.45, 2.75) is 12.5 Å². The fourth-order valence-electron chi connectivity index (χ4n) is 10.7. The molecule has 300 valence electrons. The Balaban J connectivity index is 1.16. The zero-order chi connectivity index (χ0) is 41.9. The van der Waals surface area contributed by atoms with Gasteiger partial charge in [0.1, 0.15) is 0 Å². The van der Waals surface area contributed by atoms with Crippen molar-refractivity contribution in [2.24, 2.45) is 0 Å². The minimum Gasteiger partial charge on any atom is -0.331 e. The Morgan fingerprint density at radius 1 is 0.359 bits per heavy atom. The minimum absolute atomic E-state index is 0.134. The maximum Gasteiger partial charge on any atom is 0.240 e. The van der Waals surface area contributed by atoms with E-state index in [0.717, 1.165) is 83.2 Å². The molecule has 0 fully saturated rings. The van der Waals surface area contributed by atoms with Crippen LogP contribution in [0.1, 0.15) is 12.5 Å². The zero-order valence-corrected chi connectivity index (χ0v) is 34.5. The summed E-state index contributed by atoms with van der Waals surface area (Å²) in [4.78, 5) is 16.6. The molecule has 0 saturated carbocycles. The molecule has 1 atom stereocenters. The first-order valence-electron chi connectivity index (χ1n) is 21.9. The van der Waals surface area contributed by atoms with E-state index in [0.29, 0.717) is 17.7 Å². The van der Waals surface area contributed by atoms with Crippen molar-refractivity contribution in [2.75, 3.05) is 0 Å². The number of nitrogens with zero attached hydrogens (tertiary/aromatic N) is 7. The summed E-state index contributed by atoms with van der Waals surface area (Å²) in [5.74, 6) is 1.70. The molecule has 7 heteroatoms. The third-order valence-electron chi connectivity index (χ3n) is 13.3. The van der Waals surface area contributed by atoms with Gasteiger partial charge in [-0.1, -0.05) is 170 Å². The average Bonchev–Trinajstić information content (AvgIpc) is 4.10. The van der Waals surface area contributed by atoms with Gasteiger partial charge < -0.3 is 9.13 Å². The molecule has 0 saturated heterocycles. The van der Waals surface area contributed by atoms with Crippen LogP contribution in [0.5, 0.6) is 0 Å². The average molecular weight is 820 g/mol. The first-order valence-corrected chi connectivity index (χ1v) is 21.9. The molecule has 0 bridgehead atoms. The lowest BCUT2D eigenvalue weighted by molar-refractivity contribution is 0.648. The molecule has 14 rings (SSSR count). The van der Waals surface area contributed by atoms with E-state index < -0.39 is 0 Å². The van der Waals surface area contributed by atoms with E-state index in [1.807, 2.05) is 6.07 Å². The van der Waals surface area contributed by atoms with Crippen LogP contribution in [0.15, 0.2) is 206 Å². The number of hydrogen-bond acceptors (Lipinski definition) is 3. The third kappa shape index (κ3) is 4.89. The molecular weight excluding hydrogens is 783 g/mol. The zero-order valence-electron chi connectivity index (χ0n) is 34.5. The van der Waals surface area contributed by atoms with Gasteiger partial charge in [0.05, 0.1) is 44.7 Å². The van der Waals surface area contributed by atoms with Gasteiger partial charge in [-0.3, -0.25) is 9.13 Å². The van der Waals surface area contributed by atoms with Gasteiger partial charge in [0.2, 0.25) is 11.9 Å². The highest BCUT2D eigenvalue weighted by Crippen LogP contribution is 2.44. The SMILES string of the molecule is C1=CCC(n2c3ccccc3c3ccc4c5ccccc5n(-c5nc(-c6ccccc6)nc(-n6c7ccccc7c7ccc8c9ccccc9n(-c9ccccc9)c8c76)n5)c4c32)C=C1. The molecule has 13 aromatic rings. The highest BCUT2D eigenvalue weighted by atomic mass is 15.3. The fraction of sp³-hybridized carbons (Fsp3) is 0.0351. The van der Waals surface area contributed by atoms with Crippen molar-refractivity contribution < 1.29 is 0 Å². The predicted octanol–water partition coefficient (Wildman–Crippen LogP) is 14.0. The number of aromatic nitrogens is 7. The van der Waals surface area contributed by atoms with Crippen LogP contribution in [0.3, 0.4) is 0 Å². The van der Waals surface area contributed by atoms with Crippen LogP contribution in [0.25, 0.3) is 116 Å². The van der Waals surface area contributed by atoms with E-state index in [9.17, 15) is 0 Å². The molecule has 64 heavy (non-hydrogen) atoms. The lowest BCUT2D eigenvalue weighted by atomic mass is 10.1. The molecule has 1 unspecified atom stereocenters. The van der Waals surface area contributed by atoms with E-state index in [1.165, 1.54) is 21.7 Å². The molecule has 8 aromatic carbocycles. The summed E-state index contributed by atoms with van der Waals surface area (Å²) >= 11 is 0. The van der Waals surface area contributed by atoms with Gasteiger partial charge >= 0.3 is 0 Å². The van der Waals surface area contributed by atoms with Crippen molar-refractivity contribution in [1.29, 1.82) is 0 Å². The fourth-order valence-corrected chi connectivity index (χ4v) is 10.7. The summed E-state index contributed by atoms with van der Waals surface area (Å²) in [5, 5.41) is 9.33. The van der Waals surface area contributed by atoms with Gasteiger partial charge in [-0.25, -0.2) is 0 Å². The van der Waals surface area contributed by atoms with Crippen LogP contribution in [-0.4, -0.2) is 33.2 Å². The van der Waals surface area contributed by atoms with Crippen molar-refractivity contribution in [3.05, 3.63) is 206 Å². The summed E-state index contributed by atoms with van der Waals surface area (Å²) in [7, 11) is 0. The largest absolute Gasteiger partial charge is 0.331 e. The maximum atomic E-state index is 5.67. The van der Waals surface area contributed by atoms with E-state index in [2.05, 4.69) is 218 Å². The topological polar surface area (TPSA) is 58.4 Å². The highest BCUT2D eigenvalue weighted by molar-refractivity contribution is 6.25. The van der Waals surface area contributed by atoms with Crippen molar-refractivity contribution in [1.82, 2.24) is 33.2 Å². The van der Waals surface area contributed by atoms with E-state index in [4.69, 9.17) is 15.0 Å². The lowest BCUT2D eigenvalue weighted by Crippen LogP contribution is -2.11. The van der Waals surface area contributed by atoms with E-state index in [-0.39, 0.29) is 6.04 Å². The smallest absolute Gasteiger partial charge is 0.240 e. The van der Waals surface area contributed by atoms with Gasteiger partial charge in [0.25, 0.3) is 0 Å². The molecule has 0 radical (unpaired) electrons. The standard InChI is InChI=1S/C57H37N7/c1-4-18-36(19-5-1)55-58-56(63-49-30-16-12-26-41(49)45-34-32-43-39-24-10-14-28-47(39)61(51(43)53(45)63)37-20-6-2-7-21-37)60-57(59-55)64-50-31-17-13-27-42(50)46-35-33-44-40-25-11-15-29-48(40)62(52(44)54(46)64)38-22-8-3-9-23-38/h1-22,24-35,38H,23H2. The summed E-state index contributed by atoms with van der Waals surface area (Å²) in [6, 6.07) is 65.1. The maximum absolute atomic E-state index is 5.67. The van der Waals surface area contributed by atoms with Gasteiger partial charge in [0, 0.05) is 59.9 Å². The molecule has 1 aliphatic rings. The molecular formula is C57H37N7. The van der Waals surface area contributed by atoms with Gasteiger partial charge in [0.15, 0.2) is 5.82 Å². The summed E-state index contributed by atoms with van der Waals surface area (Å²) in [6.07, 6.45) is 9.82. The highest BCUT2D eigenvalue weighted by Gasteiger charge is 2.27. The minimum atomic E-state index is 0.134. The van der Waals surface area contributed by atoms with Crippen LogP contribution >= 0.6 is 0 Å². The molecule has 5 aromatic heterocycles. The second-order valence-electron chi connectivity index (χ2n) is 16.7. The second-order valence-corrected chi connectivity index (χ2v) is 16.7. The Labute approximate surface area is 366 Å². The monoisotopic (exact) mass is 819 g/mol. The summed E-state index contributed by atoms with van der Waals surface area (Å²) in [5.41, 5.74) is 10.8. The number of rotatable bonds is 5. The van der Waals surface area contributed by atoms with Crippen LogP contribution in [0, 0.1) is 0 Å². The number of para-hydroxylation sites is 5. The van der Waals surface area contributed by atoms with Crippen molar-refractivity contribution in [3.8, 4) is 29.0 Å². The first kappa shape index (κ1) is 35.1. The normalized spacial score (nSPS) is 14.2. The number of allylic oxidation sites excluding steroid dienone is 4. The third-order valence-corrected chi connectivity index (χ3v) is 13.3. The quantitative estimate of drug-likeness (QED) is 0.174. The number of benzene rings is 8. The van der Waals surface area contributed by atoms with Crippen LogP contribution < -0.4 is 0 Å². The Morgan fingerprint density at radius 2 is 0.797 bits per heavy atom. The van der Waals surface area contributed by atoms with Crippen LogP contribution in [-0.2, 0) is 0 Å². The first-order chi connectivity index (χ1) is 31.8. The van der Waals surface area contributed by atoms with Crippen molar-refractivity contribution in [3.63, 3.8) is 0 Å². The Kier molecular flexibility index (Phi) is 7.39. The van der Waals surface area contributed by atoms with Gasteiger partial charge in [-0.2, -0.15) is 15.0 Å². The van der Waals surface area contributed by atoms with E-state index in [1.54, 1.807) is 0 Å². The molecule has 0 aliphatic heterocycles. The number of hydrogen-bond donors (Lipinski definition) is 0. The Hall–Kier alpha value is -8.55. The number of fused-ring (bicyclic) bond motifs is 14. The van der Waals surface area contributed by atoms with Crippen LogP contribution in [0.2, 0.25) is 0 Å². The van der Waals surface area contributed by atoms with Gasteiger partial charge in [-0.05, 0) is 42.8 Å². The molecule has 1 aliphatic carbocycles. The molecule has 5 heterocycles. The Bertz CT molecular complexity index is 4110.